The molecule has 0 aliphatic carbocycles. The van der Waals surface area contributed by atoms with Crippen molar-refractivity contribution in [2.24, 2.45) is 0 Å². The van der Waals surface area contributed by atoms with Gasteiger partial charge in [0.05, 0.1) is 19.1 Å². The van der Waals surface area contributed by atoms with Gasteiger partial charge >= 0.3 is 7.12 Å². The number of alkyl halides is 2. The second-order valence-corrected chi connectivity index (χ2v) is 5.43. The van der Waals surface area contributed by atoms with Crippen LogP contribution in [0.4, 0.5) is 8.78 Å². The van der Waals surface area contributed by atoms with Crippen molar-refractivity contribution in [3.05, 3.63) is 65.2 Å². The lowest BCUT2D eigenvalue weighted by Crippen LogP contribution is -2.30. The van der Waals surface area contributed by atoms with E-state index in [0.717, 1.165) is 5.56 Å². The first-order chi connectivity index (χ1) is 11.0. The monoisotopic (exact) mass is 320 g/mol. The summed E-state index contributed by atoms with van der Waals surface area (Å²) in [5.74, 6) is -1.05. The Morgan fingerprint density at radius 1 is 1.09 bits per heavy atom. The highest BCUT2D eigenvalue weighted by Crippen LogP contribution is 2.26. The molecule has 0 amide bonds. The molecule has 2 aromatic rings. The number of ether oxygens (including phenoxy) is 1. The zero-order valence-corrected chi connectivity index (χ0v) is 12.8. The molecule has 2 aromatic carbocycles. The smallest absolute Gasteiger partial charge is 0.423 e. The van der Waals surface area contributed by atoms with Gasteiger partial charge < -0.3 is 14.8 Å². The third-order valence-corrected chi connectivity index (χ3v) is 3.70. The maximum atomic E-state index is 13.4. The molecule has 0 saturated carbocycles. The molecule has 2 rings (SSSR count). The molecule has 0 aliphatic rings. The Hall–Kier alpha value is -1.76. The zero-order chi connectivity index (χ0) is 16.8. The fraction of sp³-hybridized carbons (Fsp3) is 0.294. The summed E-state index contributed by atoms with van der Waals surface area (Å²) in [4.78, 5) is 0. The lowest BCUT2D eigenvalue weighted by Gasteiger charge is -2.19. The molecule has 0 spiro atoms. The number of hydrogen-bond acceptors (Lipinski definition) is 3. The molecule has 0 aliphatic heterocycles. The van der Waals surface area contributed by atoms with E-state index in [1.807, 2.05) is 30.3 Å². The highest BCUT2D eigenvalue weighted by Gasteiger charge is 2.25. The van der Waals surface area contributed by atoms with Crippen molar-refractivity contribution in [1.82, 2.24) is 0 Å². The van der Waals surface area contributed by atoms with Crippen LogP contribution in [0.1, 0.15) is 22.6 Å². The molecule has 0 heterocycles. The van der Waals surface area contributed by atoms with E-state index in [4.69, 9.17) is 14.8 Å². The van der Waals surface area contributed by atoms with Crippen molar-refractivity contribution < 1.29 is 23.6 Å². The Morgan fingerprint density at radius 2 is 1.78 bits per heavy atom. The molecule has 0 bridgehead atoms. The van der Waals surface area contributed by atoms with E-state index < -0.39 is 19.5 Å². The third kappa shape index (κ3) is 4.86. The maximum Gasteiger partial charge on any atom is 0.488 e. The average Bonchev–Trinajstić information content (AvgIpc) is 2.52. The van der Waals surface area contributed by atoms with Gasteiger partial charge in [0.1, 0.15) is 0 Å². The average molecular weight is 320 g/mol. The van der Waals surface area contributed by atoms with Gasteiger partial charge in [-0.25, -0.2) is 8.78 Å². The second kappa shape index (κ2) is 8.20. The van der Waals surface area contributed by atoms with E-state index in [1.54, 1.807) is 6.92 Å². The molecule has 3 nitrogen and oxygen atoms in total. The van der Waals surface area contributed by atoms with Crippen molar-refractivity contribution in [2.45, 2.75) is 25.9 Å². The fourth-order valence-electron chi connectivity index (χ4n) is 2.45. The van der Waals surface area contributed by atoms with E-state index in [-0.39, 0.29) is 18.7 Å². The molecule has 1 atom stereocenters. The molecule has 122 valence electrons. The quantitative estimate of drug-likeness (QED) is 0.769. The van der Waals surface area contributed by atoms with E-state index in [2.05, 4.69) is 0 Å². The van der Waals surface area contributed by atoms with Crippen LogP contribution in [0.2, 0.25) is 0 Å². The van der Waals surface area contributed by atoms with Gasteiger partial charge in [0, 0.05) is 0 Å². The Morgan fingerprint density at radius 3 is 2.35 bits per heavy atom. The third-order valence-electron chi connectivity index (χ3n) is 3.70. The SMILES string of the molecule is Cc1cc(B(O)O)ccc1C(COCc1ccccc1)C(F)F. The lowest BCUT2D eigenvalue weighted by molar-refractivity contribution is 0.0367. The van der Waals surface area contributed by atoms with Crippen molar-refractivity contribution >= 4 is 12.6 Å². The summed E-state index contributed by atoms with van der Waals surface area (Å²) >= 11 is 0. The second-order valence-electron chi connectivity index (χ2n) is 5.43. The first-order valence-electron chi connectivity index (χ1n) is 7.35. The number of hydrogen-bond donors (Lipinski definition) is 2. The zero-order valence-electron chi connectivity index (χ0n) is 12.8. The Balaban J connectivity index is 2.06. The minimum Gasteiger partial charge on any atom is -0.423 e. The van der Waals surface area contributed by atoms with Crippen molar-refractivity contribution in [3.8, 4) is 0 Å². The normalized spacial score (nSPS) is 12.4. The van der Waals surface area contributed by atoms with Crippen LogP contribution in [-0.4, -0.2) is 30.2 Å². The Bertz CT molecular complexity index is 620. The number of halogens is 2. The van der Waals surface area contributed by atoms with E-state index in [1.165, 1.54) is 18.2 Å². The summed E-state index contributed by atoms with van der Waals surface area (Å²) in [5.41, 5.74) is 2.25. The van der Waals surface area contributed by atoms with Crippen molar-refractivity contribution in [3.63, 3.8) is 0 Å². The van der Waals surface area contributed by atoms with Crippen molar-refractivity contribution in [2.75, 3.05) is 6.61 Å². The van der Waals surface area contributed by atoms with Crippen LogP contribution in [0.5, 0.6) is 0 Å². The Labute approximate surface area is 134 Å². The Kier molecular flexibility index (Phi) is 6.27. The van der Waals surface area contributed by atoms with E-state index in [0.29, 0.717) is 11.1 Å². The lowest BCUT2D eigenvalue weighted by atomic mass is 9.78. The van der Waals surface area contributed by atoms with Gasteiger partial charge in [0.15, 0.2) is 0 Å². The molecule has 0 radical (unpaired) electrons. The van der Waals surface area contributed by atoms with Gasteiger partial charge in [-0.1, -0.05) is 48.5 Å². The van der Waals surface area contributed by atoms with Gasteiger partial charge in [-0.15, -0.1) is 0 Å². The highest BCUT2D eigenvalue weighted by atomic mass is 19.3. The summed E-state index contributed by atoms with van der Waals surface area (Å²) in [7, 11) is -1.61. The fourth-order valence-corrected chi connectivity index (χ4v) is 2.45. The summed E-state index contributed by atoms with van der Waals surface area (Å²) < 4.78 is 32.2. The molecule has 23 heavy (non-hydrogen) atoms. The largest absolute Gasteiger partial charge is 0.488 e. The van der Waals surface area contributed by atoms with Crippen LogP contribution >= 0.6 is 0 Å². The molecule has 0 aromatic heterocycles. The van der Waals surface area contributed by atoms with Gasteiger partial charge in [-0.2, -0.15) is 0 Å². The van der Waals surface area contributed by atoms with Crippen LogP contribution in [0, 0.1) is 6.92 Å². The minimum absolute atomic E-state index is 0.103. The number of benzene rings is 2. The maximum absolute atomic E-state index is 13.4. The van der Waals surface area contributed by atoms with E-state index in [9.17, 15) is 8.78 Å². The summed E-state index contributed by atoms with van der Waals surface area (Å²) in [5, 5.41) is 18.3. The standard InChI is InChI=1S/C17H19BF2O3/c1-12-9-14(18(21)22)7-8-15(12)16(17(19)20)11-23-10-13-5-3-2-4-6-13/h2-9,16-17,21-22H,10-11H2,1H3. The molecule has 0 fully saturated rings. The van der Waals surface area contributed by atoms with Gasteiger partial charge in [0.2, 0.25) is 6.43 Å². The number of rotatable bonds is 7. The topological polar surface area (TPSA) is 49.7 Å². The van der Waals surface area contributed by atoms with Gasteiger partial charge in [0.25, 0.3) is 0 Å². The molecular weight excluding hydrogens is 301 g/mol. The molecule has 0 saturated heterocycles. The first-order valence-corrected chi connectivity index (χ1v) is 7.35. The molecule has 6 heteroatoms. The summed E-state index contributed by atoms with van der Waals surface area (Å²) in [6.45, 7) is 1.85. The van der Waals surface area contributed by atoms with Crippen LogP contribution in [0.15, 0.2) is 48.5 Å². The van der Waals surface area contributed by atoms with Crippen LogP contribution in [-0.2, 0) is 11.3 Å². The highest BCUT2D eigenvalue weighted by molar-refractivity contribution is 6.58. The van der Waals surface area contributed by atoms with Crippen molar-refractivity contribution in [1.29, 1.82) is 0 Å². The molecular formula is C17H19BF2O3. The minimum atomic E-state index is -2.56. The van der Waals surface area contributed by atoms with Gasteiger partial charge in [-0.3, -0.25) is 0 Å². The summed E-state index contributed by atoms with van der Waals surface area (Å²) in [6.07, 6.45) is -2.56. The van der Waals surface area contributed by atoms with Crippen LogP contribution in [0.3, 0.4) is 0 Å². The predicted molar refractivity (Wildman–Crippen MR) is 85.8 cm³/mol. The predicted octanol–water partition coefficient (Wildman–Crippen LogP) is 2.24. The number of aryl methyl sites for hydroxylation is 1. The van der Waals surface area contributed by atoms with Crippen LogP contribution < -0.4 is 5.46 Å². The first kappa shape index (κ1) is 17.6. The van der Waals surface area contributed by atoms with Gasteiger partial charge in [-0.05, 0) is 29.1 Å². The summed E-state index contributed by atoms with van der Waals surface area (Å²) in [6, 6.07) is 13.8. The molecule has 2 N–H and O–H groups in total. The molecule has 1 unspecified atom stereocenters. The van der Waals surface area contributed by atoms with E-state index >= 15 is 0 Å². The van der Waals surface area contributed by atoms with Crippen LogP contribution in [0.25, 0.3) is 0 Å².